The van der Waals surface area contributed by atoms with E-state index in [4.69, 9.17) is 33.2 Å². The van der Waals surface area contributed by atoms with E-state index < -0.39 is 7.12 Å². The highest BCUT2D eigenvalue weighted by atomic mass is 35.5. The van der Waals surface area contributed by atoms with Crippen molar-refractivity contribution in [3.8, 4) is 11.1 Å². The van der Waals surface area contributed by atoms with Crippen LogP contribution in [-0.4, -0.2) is 22.2 Å². The van der Waals surface area contributed by atoms with E-state index in [1.807, 2.05) is 0 Å². The summed E-state index contributed by atoms with van der Waals surface area (Å²) < 4.78 is 0. The Balaban J connectivity index is 2.50. The normalized spacial score (nSPS) is 10.4. The maximum atomic E-state index is 9.08. The third kappa shape index (κ3) is 2.79. The summed E-state index contributed by atoms with van der Waals surface area (Å²) in [6.07, 6.45) is 1.33. The minimum atomic E-state index is -1.56. The molecule has 2 aromatic rings. The van der Waals surface area contributed by atoms with Crippen molar-refractivity contribution < 1.29 is 10.0 Å². The molecule has 1 heterocycles. The second-order valence-electron chi connectivity index (χ2n) is 3.49. The fourth-order valence-corrected chi connectivity index (χ4v) is 1.78. The Kier molecular flexibility index (Phi) is 3.69. The van der Waals surface area contributed by atoms with Crippen molar-refractivity contribution in [1.29, 1.82) is 0 Å². The Labute approximate surface area is 109 Å². The van der Waals surface area contributed by atoms with Gasteiger partial charge in [-0.15, -0.1) is 0 Å². The van der Waals surface area contributed by atoms with Gasteiger partial charge in [0, 0.05) is 22.2 Å². The minimum absolute atomic E-state index is 0.291. The molecular weight excluding hydrogens is 260 g/mol. The lowest BCUT2D eigenvalue weighted by Gasteiger charge is -2.06. The first-order valence-electron chi connectivity index (χ1n) is 4.85. The zero-order valence-electron chi connectivity index (χ0n) is 8.64. The number of hydrogen-bond donors (Lipinski definition) is 2. The molecule has 17 heavy (non-hydrogen) atoms. The Bertz CT molecular complexity index is 531. The SMILES string of the molecule is OB(O)c1cnc(Cl)c(-c2ccc(Cl)cc2)c1. The number of rotatable bonds is 2. The van der Waals surface area contributed by atoms with Gasteiger partial charge in [0.2, 0.25) is 0 Å². The average molecular weight is 268 g/mol. The summed E-state index contributed by atoms with van der Waals surface area (Å²) in [4.78, 5) is 3.91. The Hall–Kier alpha value is -1.07. The fraction of sp³-hybridized carbons (Fsp3) is 0. The lowest BCUT2D eigenvalue weighted by atomic mass is 9.80. The Morgan fingerprint density at radius 1 is 1.06 bits per heavy atom. The van der Waals surface area contributed by atoms with Gasteiger partial charge in [-0.3, -0.25) is 0 Å². The predicted molar refractivity (Wildman–Crippen MR) is 69.5 cm³/mol. The van der Waals surface area contributed by atoms with Crippen molar-refractivity contribution in [3.63, 3.8) is 0 Å². The number of benzene rings is 1. The van der Waals surface area contributed by atoms with Crippen LogP contribution in [0, 0.1) is 0 Å². The fourth-order valence-electron chi connectivity index (χ4n) is 1.44. The van der Waals surface area contributed by atoms with Gasteiger partial charge in [-0.25, -0.2) is 4.98 Å². The van der Waals surface area contributed by atoms with E-state index >= 15 is 0 Å². The van der Waals surface area contributed by atoms with Gasteiger partial charge in [-0.1, -0.05) is 35.3 Å². The molecule has 0 radical (unpaired) electrons. The van der Waals surface area contributed by atoms with Crippen molar-refractivity contribution in [3.05, 3.63) is 46.7 Å². The maximum absolute atomic E-state index is 9.08. The van der Waals surface area contributed by atoms with Crippen molar-refractivity contribution in [2.45, 2.75) is 0 Å². The molecule has 0 spiro atoms. The molecule has 2 N–H and O–H groups in total. The number of pyridine rings is 1. The molecule has 3 nitrogen and oxygen atoms in total. The molecule has 6 heteroatoms. The Morgan fingerprint density at radius 3 is 2.29 bits per heavy atom. The second-order valence-corrected chi connectivity index (χ2v) is 4.28. The van der Waals surface area contributed by atoms with Crippen molar-refractivity contribution in [2.75, 3.05) is 0 Å². The van der Waals surface area contributed by atoms with E-state index in [0.29, 0.717) is 21.2 Å². The van der Waals surface area contributed by atoms with Gasteiger partial charge in [0.1, 0.15) is 5.15 Å². The summed E-state index contributed by atoms with van der Waals surface area (Å²) in [6, 6.07) is 8.63. The smallest absolute Gasteiger partial charge is 0.423 e. The van der Waals surface area contributed by atoms with Crippen LogP contribution in [0.4, 0.5) is 0 Å². The molecule has 0 bridgehead atoms. The number of halogens is 2. The van der Waals surface area contributed by atoms with Crippen LogP contribution < -0.4 is 5.46 Å². The van der Waals surface area contributed by atoms with Crippen LogP contribution in [0.15, 0.2) is 36.5 Å². The summed E-state index contributed by atoms with van der Waals surface area (Å²) in [5, 5.41) is 19.1. The summed E-state index contributed by atoms with van der Waals surface area (Å²) in [5.41, 5.74) is 1.74. The van der Waals surface area contributed by atoms with E-state index in [2.05, 4.69) is 4.98 Å². The summed E-state index contributed by atoms with van der Waals surface area (Å²) in [6.45, 7) is 0. The molecule has 0 aliphatic rings. The van der Waals surface area contributed by atoms with E-state index in [9.17, 15) is 0 Å². The van der Waals surface area contributed by atoms with E-state index in [1.165, 1.54) is 6.20 Å². The molecule has 1 aromatic carbocycles. The van der Waals surface area contributed by atoms with Gasteiger partial charge in [0.15, 0.2) is 0 Å². The predicted octanol–water partition coefficient (Wildman–Crippen LogP) is 1.74. The average Bonchev–Trinajstić information content (AvgIpc) is 2.31. The summed E-state index contributed by atoms with van der Waals surface area (Å²) >= 11 is 11.8. The topological polar surface area (TPSA) is 53.4 Å². The minimum Gasteiger partial charge on any atom is -0.423 e. The highest BCUT2D eigenvalue weighted by Gasteiger charge is 2.14. The van der Waals surface area contributed by atoms with Crippen LogP contribution in [0.3, 0.4) is 0 Å². The van der Waals surface area contributed by atoms with Crippen LogP contribution in [0.2, 0.25) is 10.2 Å². The lowest BCUT2D eigenvalue weighted by molar-refractivity contribution is 0.425. The standard InChI is InChI=1S/C11H8BCl2NO2/c13-9-3-1-7(2-4-9)10-5-8(12(16)17)6-15-11(10)14/h1-6,16-17H. The number of nitrogens with zero attached hydrogens (tertiary/aromatic N) is 1. The number of hydrogen-bond acceptors (Lipinski definition) is 3. The molecule has 0 aliphatic carbocycles. The summed E-state index contributed by atoms with van der Waals surface area (Å²) in [5.74, 6) is 0. The lowest BCUT2D eigenvalue weighted by Crippen LogP contribution is -2.30. The molecule has 0 fully saturated rings. The maximum Gasteiger partial charge on any atom is 0.490 e. The van der Waals surface area contributed by atoms with Gasteiger partial charge in [0.05, 0.1) is 0 Å². The zero-order valence-corrected chi connectivity index (χ0v) is 10.2. The van der Waals surface area contributed by atoms with Gasteiger partial charge in [0.25, 0.3) is 0 Å². The molecule has 86 valence electrons. The quantitative estimate of drug-likeness (QED) is 0.644. The molecule has 0 amide bonds. The molecule has 0 saturated carbocycles. The van der Waals surface area contributed by atoms with Crippen molar-refractivity contribution >= 4 is 35.8 Å². The first-order valence-corrected chi connectivity index (χ1v) is 5.61. The van der Waals surface area contributed by atoms with E-state index in [1.54, 1.807) is 30.3 Å². The van der Waals surface area contributed by atoms with Crippen LogP contribution in [0.25, 0.3) is 11.1 Å². The molecule has 0 saturated heterocycles. The van der Waals surface area contributed by atoms with Gasteiger partial charge in [-0.2, -0.15) is 0 Å². The Morgan fingerprint density at radius 2 is 1.71 bits per heavy atom. The third-order valence-corrected chi connectivity index (χ3v) is 2.87. The van der Waals surface area contributed by atoms with Crippen molar-refractivity contribution in [2.24, 2.45) is 0 Å². The molecule has 0 unspecified atom stereocenters. The molecular formula is C11H8BCl2NO2. The van der Waals surface area contributed by atoms with Gasteiger partial charge >= 0.3 is 7.12 Å². The largest absolute Gasteiger partial charge is 0.490 e. The second kappa shape index (κ2) is 5.06. The van der Waals surface area contributed by atoms with Gasteiger partial charge < -0.3 is 10.0 Å². The number of aromatic nitrogens is 1. The van der Waals surface area contributed by atoms with E-state index in [-0.39, 0.29) is 0 Å². The first-order chi connectivity index (χ1) is 8.08. The molecule has 0 aliphatic heterocycles. The van der Waals surface area contributed by atoms with Crippen LogP contribution >= 0.6 is 23.2 Å². The van der Waals surface area contributed by atoms with Crippen LogP contribution in [-0.2, 0) is 0 Å². The highest BCUT2D eigenvalue weighted by molar-refractivity contribution is 6.58. The summed E-state index contributed by atoms with van der Waals surface area (Å²) in [7, 11) is -1.56. The van der Waals surface area contributed by atoms with E-state index in [0.717, 1.165) is 5.56 Å². The van der Waals surface area contributed by atoms with Gasteiger partial charge in [-0.05, 0) is 23.8 Å². The first kappa shape index (κ1) is 12.4. The van der Waals surface area contributed by atoms with Crippen molar-refractivity contribution in [1.82, 2.24) is 4.98 Å². The molecule has 1 aromatic heterocycles. The monoisotopic (exact) mass is 267 g/mol. The third-order valence-electron chi connectivity index (χ3n) is 2.31. The zero-order chi connectivity index (χ0) is 12.4. The highest BCUT2D eigenvalue weighted by Crippen LogP contribution is 2.26. The van der Waals surface area contributed by atoms with Crippen LogP contribution in [0.1, 0.15) is 0 Å². The van der Waals surface area contributed by atoms with Crippen LogP contribution in [0.5, 0.6) is 0 Å². The molecule has 0 atom stereocenters. The molecule has 2 rings (SSSR count).